The Morgan fingerprint density at radius 1 is 1.33 bits per heavy atom. The Balaban J connectivity index is 0.00000210. The van der Waals surface area contributed by atoms with Crippen LogP contribution in [0, 0.1) is 11.3 Å². The molecule has 0 unspecified atom stereocenters. The smallest absolute Gasteiger partial charge is 0.309 e. The summed E-state index contributed by atoms with van der Waals surface area (Å²) in [7, 11) is 0. The molecule has 2 bridgehead atoms. The first-order valence-electron chi connectivity index (χ1n) is 10.2. The van der Waals surface area contributed by atoms with Crippen LogP contribution in [0.3, 0.4) is 0 Å². The fourth-order valence-corrected chi connectivity index (χ4v) is 5.52. The average Bonchev–Trinajstić information content (AvgIpc) is 2.62. The first-order valence-corrected chi connectivity index (χ1v) is 10.2. The Labute approximate surface area is 168 Å². The number of carboxylic acids is 1. The fraction of sp³-hybridized carbons (Fsp3) is 0.682. The van der Waals surface area contributed by atoms with Gasteiger partial charge >= 0.3 is 5.97 Å². The van der Waals surface area contributed by atoms with Gasteiger partial charge in [-0.15, -0.1) is 12.4 Å². The second-order valence-electron chi connectivity index (χ2n) is 9.13. The molecule has 1 heterocycles. The van der Waals surface area contributed by atoms with Crippen LogP contribution in [0.5, 0.6) is 5.75 Å². The summed E-state index contributed by atoms with van der Waals surface area (Å²) in [6.07, 6.45) is 8.22. The third kappa shape index (κ3) is 3.58. The number of hydrogen-bond acceptors (Lipinski definition) is 3. The van der Waals surface area contributed by atoms with Gasteiger partial charge in [-0.3, -0.25) is 4.79 Å². The highest BCUT2D eigenvalue weighted by Crippen LogP contribution is 2.54. The van der Waals surface area contributed by atoms with E-state index in [0.717, 1.165) is 24.6 Å². The summed E-state index contributed by atoms with van der Waals surface area (Å²) in [5, 5.41) is 13.0. The van der Waals surface area contributed by atoms with Crippen molar-refractivity contribution in [2.75, 3.05) is 13.2 Å². The van der Waals surface area contributed by atoms with Crippen LogP contribution in [0.15, 0.2) is 18.2 Å². The zero-order valence-electron chi connectivity index (χ0n) is 16.4. The number of ether oxygens (including phenoxy) is 1. The molecular weight excluding hydrogens is 362 g/mol. The summed E-state index contributed by atoms with van der Waals surface area (Å²) >= 11 is 0. The number of halogens is 1. The number of aliphatic carboxylic acids is 1. The highest BCUT2D eigenvalue weighted by atomic mass is 35.5. The molecule has 0 radical (unpaired) electrons. The molecule has 0 amide bonds. The monoisotopic (exact) mass is 393 g/mol. The molecule has 150 valence electrons. The maximum absolute atomic E-state index is 11.3. The second kappa shape index (κ2) is 7.63. The third-order valence-corrected chi connectivity index (χ3v) is 7.19. The molecule has 27 heavy (non-hydrogen) atoms. The van der Waals surface area contributed by atoms with Gasteiger partial charge in [-0.25, -0.2) is 0 Å². The van der Waals surface area contributed by atoms with Crippen LogP contribution in [0.2, 0.25) is 0 Å². The standard InChI is InChI=1S/C22H31NO3.ClH/c1-21(2,20(24)25)10-12-26-16-7-6-15-13-19-17-5-3-4-8-22(17,9-11-23-19)18(15)14-16;/h6-7,14,17,19,23H,3-5,8-13H2,1-2H3,(H,24,25);1H/t17-,19+,22+;/m0./s1. The van der Waals surface area contributed by atoms with Gasteiger partial charge in [-0.2, -0.15) is 0 Å². The van der Waals surface area contributed by atoms with Crippen molar-refractivity contribution in [1.82, 2.24) is 5.32 Å². The summed E-state index contributed by atoms with van der Waals surface area (Å²) in [6.45, 7) is 5.08. The molecule has 3 atom stereocenters. The number of nitrogens with one attached hydrogen (secondary N) is 1. The second-order valence-corrected chi connectivity index (χ2v) is 9.13. The SMILES string of the molecule is CC(C)(CCOc1ccc2c(c1)[C@@]13CCCC[C@H]1[C@@H](C2)NCC3)C(=O)O.Cl. The molecule has 0 aromatic heterocycles. The van der Waals surface area contributed by atoms with E-state index in [1.165, 1.54) is 43.2 Å². The Morgan fingerprint density at radius 3 is 2.93 bits per heavy atom. The zero-order chi connectivity index (χ0) is 18.4. The maximum Gasteiger partial charge on any atom is 0.309 e. The van der Waals surface area contributed by atoms with E-state index in [1.807, 2.05) is 0 Å². The van der Waals surface area contributed by atoms with Crippen molar-refractivity contribution in [1.29, 1.82) is 0 Å². The molecule has 1 saturated carbocycles. The van der Waals surface area contributed by atoms with Crippen molar-refractivity contribution in [2.24, 2.45) is 11.3 Å². The summed E-state index contributed by atoms with van der Waals surface area (Å²) in [4.78, 5) is 11.3. The van der Waals surface area contributed by atoms with E-state index in [2.05, 4.69) is 23.5 Å². The summed E-state index contributed by atoms with van der Waals surface area (Å²) in [5.41, 5.74) is 2.60. The minimum absolute atomic E-state index is 0. The van der Waals surface area contributed by atoms with Crippen LogP contribution in [0.25, 0.3) is 0 Å². The average molecular weight is 394 g/mol. The first-order chi connectivity index (χ1) is 12.4. The summed E-state index contributed by atoms with van der Waals surface area (Å²) in [5.74, 6) is 0.899. The Kier molecular flexibility index (Phi) is 5.79. The fourth-order valence-electron chi connectivity index (χ4n) is 5.52. The normalized spacial score (nSPS) is 29.1. The summed E-state index contributed by atoms with van der Waals surface area (Å²) < 4.78 is 5.99. The number of benzene rings is 1. The first kappa shape index (κ1) is 20.5. The van der Waals surface area contributed by atoms with Gasteiger partial charge in [0.05, 0.1) is 12.0 Å². The highest BCUT2D eigenvalue weighted by molar-refractivity contribution is 5.85. The van der Waals surface area contributed by atoms with Crippen molar-refractivity contribution in [3.63, 3.8) is 0 Å². The topological polar surface area (TPSA) is 58.6 Å². The largest absolute Gasteiger partial charge is 0.494 e. The van der Waals surface area contributed by atoms with Gasteiger partial charge in [-0.1, -0.05) is 18.9 Å². The van der Waals surface area contributed by atoms with E-state index in [-0.39, 0.29) is 12.4 Å². The predicted molar refractivity (Wildman–Crippen MR) is 109 cm³/mol. The number of carbonyl (C=O) groups is 1. The molecule has 2 fully saturated rings. The lowest BCUT2D eigenvalue weighted by Gasteiger charge is -2.56. The predicted octanol–water partition coefficient (Wildman–Crippen LogP) is 4.33. The lowest BCUT2D eigenvalue weighted by atomic mass is 9.53. The van der Waals surface area contributed by atoms with Crippen molar-refractivity contribution >= 4 is 18.4 Å². The van der Waals surface area contributed by atoms with Gasteiger partial charge in [0.2, 0.25) is 0 Å². The van der Waals surface area contributed by atoms with E-state index in [1.54, 1.807) is 13.8 Å². The minimum atomic E-state index is -0.767. The van der Waals surface area contributed by atoms with Crippen LogP contribution in [0.1, 0.15) is 63.5 Å². The third-order valence-electron chi connectivity index (χ3n) is 7.19. The summed E-state index contributed by atoms with van der Waals surface area (Å²) in [6, 6.07) is 7.24. The molecule has 2 N–H and O–H groups in total. The molecule has 1 aromatic carbocycles. The van der Waals surface area contributed by atoms with Crippen LogP contribution in [-0.4, -0.2) is 30.3 Å². The van der Waals surface area contributed by atoms with Gasteiger partial charge < -0.3 is 15.2 Å². The van der Waals surface area contributed by atoms with E-state index < -0.39 is 11.4 Å². The molecular formula is C22H32ClNO3. The van der Waals surface area contributed by atoms with Crippen molar-refractivity contribution in [3.8, 4) is 5.75 Å². The molecule has 1 saturated heterocycles. The van der Waals surface area contributed by atoms with Crippen molar-refractivity contribution < 1.29 is 14.6 Å². The van der Waals surface area contributed by atoms with E-state index >= 15 is 0 Å². The lowest BCUT2D eigenvalue weighted by Crippen LogP contribution is -2.59. The van der Waals surface area contributed by atoms with Gasteiger partial charge in [0.25, 0.3) is 0 Å². The number of fused-ring (bicyclic) bond motifs is 1. The number of piperidine rings is 1. The maximum atomic E-state index is 11.3. The molecule has 2 aliphatic carbocycles. The number of carboxylic acid groups (broad SMARTS) is 1. The Hall–Kier alpha value is -1.26. The van der Waals surface area contributed by atoms with Gasteiger partial charge in [-0.05, 0) is 81.7 Å². The molecule has 3 aliphatic rings. The van der Waals surface area contributed by atoms with Gasteiger partial charge in [0, 0.05) is 11.5 Å². The molecule has 5 heteroatoms. The van der Waals surface area contributed by atoms with Crippen LogP contribution in [0.4, 0.5) is 0 Å². The molecule has 1 aromatic rings. The molecule has 0 spiro atoms. The van der Waals surface area contributed by atoms with Crippen molar-refractivity contribution in [2.45, 2.75) is 70.3 Å². The number of rotatable bonds is 5. The van der Waals surface area contributed by atoms with Crippen LogP contribution < -0.4 is 10.1 Å². The number of hydrogen-bond donors (Lipinski definition) is 2. The van der Waals surface area contributed by atoms with Gasteiger partial charge in [0.1, 0.15) is 5.75 Å². The molecule has 1 aliphatic heterocycles. The minimum Gasteiger partial charge on any atom is -0.494 e. The van der Waals surface area contributed by atoms with E-state index in [0.29, 0.717) is 24.5 Å². The van der Waals surface area contributed by atoms with E-state index in [9.17, 15) is 9.90 Å². The Bertz CT molecular complexity index is 701. The Morgan fingerprint density at radius 2 is 2.15 bits per heavy atom. The molecule has 4 nitrogen and oxygen atoms in total. The van der Waals surface area contributed by atoms with Crippen molar-refractivity contribution in [3.05, 3.63) is 29.3 Å². The molecule has 4 rings (SSSR count). The van der Waals surface area contributed by atoms with E-state index in [4.69, 9.17) is 4.74 Å². The quantitative estimate of drug-likeness (QED) is 0.781. The van der Waals surface area contributed by atoms with Gasteiger partial charge in [0.15, 0.2) is 0 Å². The highest BCUT2D eigenvalue weighted by Gasteiger charge is 2.51. The van der Waals surface area contributed by atoms with Crippen LogP contribution in [-0.2, 0) is 16.6 Å². The lowest BCUT2D eigenvalue weighted by molar-refractivity contribution is -0.147. The van der Waals surface area contributed by atoms with Crippen LogP contribution >= 0.6 is 12.4 Å². The zero-order valence-corrected chi connectivity index (χ0v) is 17.2.